The summed E-state index contributed by atoms with van der Waals surface area (Å²) in [5, 5.41) is 0. The standard InChI is InChI=1S/C14H23BrN2O/c1-5-7-8-9-14(3,6-2)12-13(15)16-10-11(17-12)18-4/h10H,5-9H2,1-4H3. The van der Waals surface area contributed by atoms with Crippen LogP contribution in [0.5, 0.6) is 5.88 Å². The van der Waals surface area contributed by atoms with Crippen LogP contribution in [-0.2, 0) is 5.41 Å². The van der Waals surface area contributed by atoms with Crippen molar-refractivity contribution < 1.29 is 4.74 Å². The van der Waals surface area contributed by atoms with Crippen molar-refractivity contribution in [2.24, 2.45) is 0 Å². The van der Waals surface area contributed by atoms with Crippen molar-refractivity contribution >= 4 is 15.9 Å². The average Bonchev–Trinajstić information content (AvgIpc) is 2.39. The highest BCUT2D eigenvalue weighted by atomic mass is 79.9. The van der Waals surface area contributed by atoms with Gasteiger partial charge in [-0.1, -0.05) is 40.0 Å². The summed E-state index contributed by atoms with van der Waals surface area (Å²) in [5.41, 5.74) is 1.08. The summed E-state index contributed by atoms with van der Waals surface area (Å²) in [4.78, 5) is 8.90. The van der Waals surface area contributed by atoms with E-state index in [1.807, 2.05) is 0 Å². The van der Waals surface area contributed by atoms with E-state index in [1.165, 1.54) is 19.3 Å². The van der Waals surface area contributed by atoms with Gasteiger partial charge in [0.25, 0.3) is 0 Å². The highest BCUT2D eigenvalue weighted by Crippen LogP contribution is 2.36. The van der Waals surface area contributed by atoms with E-state index in [1.54, 1.807) is 13.3 Å². The highest BCUT2D eigenvalue weighted by molar-refractivity contribution is 9.10. The average molecular weight is 315 g/mol. The molecular formula is C14H23BrN2O. The molecule has 1 heterocycles. The molecule has 1 rings (SSSR count). The van der Waals surface area contributed by atoms with Crippen molar-refractivity contribution in [1.29, 1.82) is 0 Å². The lowest BCUT2D eigenvalue weighted by molar-refractivity contribution is 0.360. The summed E-state index contributed by atoms with van der Waals surface area (Å²) in [7, 11) is 1.63. The smallest absolute Gasteiger partial charge is 0.232 e. The van der Waals surface area contributed by atoms with Crippen LogP contribution in [0, 0.1) is 0 Å². The molecule has 1 atom stereocenters. The lowest BCUT2D eigenvalue weighted by atomic mass is 9.79. The van der Waals surface area contributed by atoms with Crippen LogP contribution < -0.4 is 4.74 Å². The first-order valence-corrected chi connectivity index (χ1v) is 7.43. The molecule has 0 fully saturated rings. The monoisotopic (exact) mass is 314 g/mol. The van der Waals surface area contributed by atoms with Gasteiger partial charge in [0.1, 0.15) is 4.60 Å². The molecular weight excluding hydrogens is 292 g/mol. The van der Waals surface area contributed by atoms with Crippen molar-refractivity contribution in [3.63, 3.8) is 0 Å². The molecule has 0 aliphatic carbocycles. The Morgan fingerprint density at radius 2 is 2.06 bits per heavy atom. The number of hydrogen-bond donors (Lipinski definition) is 0. The van der Waals surface area contributed by atoms with Crippen molar-refractivity contribution in [3.8, 4) is 5.88 Å². The van der Waals surface area contributed by atoms with E-state index < -0.39 is 0 Å². The zero-order valence-electron chi connectivity index (χ0n) is 11.8. The van der Waals surface area contributed by atoms with Gasteiger partial charge in [-0.15, -0.1) is 0 Å². The Kier molecular flexibility index (Phi) is 6.06. The summed E-state index contributed by atoms with van der Waals surface area (Å²) in [6, 6.07) is 0. The van der Waals surface area contributed by atoms with E-state index in [2.05, 4.69) is 46.7 Å². The van der Waals surface area contributed by atoms with Gasteiger partial charge < -0.3 is 4.74 Å². The van der Waals surface area contributed by atoms with E-state index in [0.717, 1.165) is 23.1 Å². The molecule has 0 aromatic carbocycles. The summed E-state index contributed by atoms with van der Waals surface area (Å²) in [6.45, 7) is 6.70. The fourth-order valence-electron chi connectivity index (χ4n) is 2.07. The van der Waals surface area contributed by atoms with Crippen molar-refractivity contribution in [2.45, 2.75) is 58.3 Å². The molecule has 18 heavy (non-hydrogen) atoms. The molecule has 0 saturated heterocycles. The van der Waals surface area contributed by atoms with Crippen LogP contribution in [0.1, 0.15) is 58.6 Å². The van der Waals surface area contributed by atoms with Gasteiger partial charge in [0, 0.05) is 5.41 Å². The maximum absolute atomic E-state index is 5.18. The van der Waals surface area contributed by atoms with Gasteiger partial charge in [0.2, 0.25) is 5.88 Å². The van der Waals surface area contributed by atoms with Crippen LogP contribution in [0.4, 0.5) is 0 Å². The first-order chi connectivity index (χ1) is 8.57. The molecule has 0 bridgehead atoms. The first-order valence-electron chi connectivity index (χ1n) is 6.64. The van der Waals surface area contributed by atoms with Gasteiger partial charge in [-0.2, -0.15) is 0 Å². The van der Waals surface area contributed by atoms with Gasteiger partial charge in [-0.3, -0.25) is 0 Å². The molecule has 0 spiro atoms. The maximum atomic E-state index is 5.18. The zero-order valence-corrected chi connectivity index (χ0v) is 13.4. The van der Waals surface area contributed by atoms with Crippen LogP contribution in [-0.4, -0.2) is 17.1 Å². The first kappa shape index (κ1) is 15.4. The Hall–Kier alpha value is -0.640. The third-order valence-electron chi connectivity index (χ3n) is 3.60. The number of ether oxygens (including phenoxy) is 1. The number of nitrogens with zero attached hydrogens (tertiary/aromatic N) is 2. The Bertz CT molecular complexity index is 384. The SMILES string of the molecule is CCCCCC(C)(CC)c1nc(OC)cnc1Br. The van der Waals surface area contributed by atoms with Crippen LogP contribution in [0.3, 0.4) is 0 Å². The highest BCUT2D eigenvalue weighted by Gasteiger charge is 2.29. The van der Waals surface area contributed by atoms with E-state index in [0.29, 0.717) is 5.88 Å². The number of methoxy groups -OCH3 is 1. The van der Waals surface area contributed by atoms with Crippen LogP contribution in [0.25, 0.3) is 0 Å². The quantitative estimate of drug-likeness (QED) is 0.695. The molecule has 102 valence electrons. The fraction of sp³-hybridized carbons (Fsp3) is 0.714. The number of rotatable bonds is 7. The van der Waals surface area contributed by atoms with Gasteiger partial charge in [-0.25, -0.2) is 9.97 Å². The Labute approximate surface area is 119 Å². The predicted octanol–water partition coefficient (Wildman–Crippen LogP) is 4.50. The van der Waals surface area contributed by atoms with Gasteiger partial charge in [0.05, 0.1) is 19.0 Å². The summed E-state index contributed by atoms with van der Waals surface area (Å²) < 4.78 is 6.02. The van der Waals surface area contributed by atoms with Crippen LogP contribution in [0.2, 0.25) is 0 Å². The molecule has 1 aromatic rings. The number of aromatic nitrogens is 2. The second-order valence-corrected chi connectivity index (χ2v) is 5.67. The largest absolute Gasteiger partial charge is 0.480 e. The third kappa shape index (κ3) is 3.67. The Balaban J connectivity index is 2.98. The van der Waals surface area contributed by atoms with E-state index in [4.69, 9.17) is 4.74 Å². The second kappa shape index (κ2) is 7.07. The molecule has 3 nitrogen and oxygen atoms in total. The molecule has 0 aliphatic rings. The fourth-order valence-corrected chi connectivity index (χ4v) is 2.74. The number of halogens is 1. The van der Waals surface area contributed by atoms with Crippen molar-refractivity contribution in [3.05, 3.63) is 16.5 Å². The minimum atomic E-state index is 0.0650. The molecule has 0 amide bonds. The van der Waals surface area contributed by atoms with Gasteiger partial charge in [-0.05, 0) is 28.8 Å². The summed E-state index contributed by atoms with van der Waals surface area (Å²) in [5.74, 6) is 0.586. The minimum Gasteiger partial charge on any atom is -0.480 e. The summed E-state index contributed by atoms with van der Waals surface area (Å²) in [6.07, 6.45) is 7.58. The molecule has 1 unspecified atom stereocenters. The molecule has 0 N–H and O–H groups in total. The zero-order chi connectivity index (χ0) is 13.6. The van der Waals surface area contributed by atoms with Gasteiger partial charge in [0.15, 0.2) is 0 Å². The van der Waals surface area contributed by atoms with Crippen molar-refractivity contribution in [2.75, 3.05) is 7.11 Å². The van der Waals surface area contributed by atoms with Crippen molar-refractivity contribution in [1.82, 2.24) is 9.97 Å². The lowest BCUT2D eigenvalue weighted by Crippen LogP contribution is -2.23. The molecule has 0 aliphatic heterocycles. The summed E-state index contributed by atoms with van der Waals surface area (Å²) >= 11 is 3.52. The Morgan fingerprint density at radius 3 is 2.61 bits per heavy atom. The lowest BCUT2D eigenvalue weighted by Gasteiger charge is -2.28. The predicted molar refractivity (Wildman–Crippen MR) is 78.1 cm³/mol. The van der Waals surface area contributed by atoms with Gasteiger partial charge >= 0.3 is 0 Å². The van der Waals surface area contributed by atoms with E-state index >= 15 is 0 Å². The number of hydrogen-bond acceptors (Lipinski definition) is 3. The topological polar surface area (TPSA) is 35.0 Å². The third-order valence-corrected chi connectivity index (χ3v) is 4.18. The van der Waals surface area contributed by atoms with E-state index in [-0.39, 0.29) is 5.41 Å². The molecule has 4 heteroatoms. The van der Waals surface area contributed by atoms with Crippen LogP contribution >= 0.6 is 15.9 Å². The second-order valence-electron chi connectivity index (χ2n) is 4.92. The Morgan fingerprint density at radius 1 is 1.33 bits per heavy atom. The minimum absolute atomic E-state index is 0.0650. The van der Waals surface area contributed by atoms with Crippen LogP contribution in [0.15, 0.2) is 10.8 Å². The van der Waals surface area contributed by atoms with E-state index in [9.17, 15) is 0 Å². The molecule has 1 aromatic heterocycles. The molecule has 0 saturated carbocycles. The number of unbranched alkanes of at least 4 members (excludes halogenated alkanes) is 2. The maximum Gasteiger partial charge on any atom is 0.232 e. The normalized spacial score (nSPS) is 14.3. The molecule has 0 radical (unpaired) electrons.